The number of aromatic nitrogens is 1. The van der Waals surface area contributed by atoms with Gasteiger partial charge in [-0.2, -0.15) is 0 Å². The van der Waals surface area contributed by atoms with Crippen LogP contribution in [0.4, 0.5) is 0 Å². The van der Waals surface area contributed by atoms with Gasteiger partial charge >= 0.3 is 0 Å². The first kappa shape index (κ1) is 11.3. The van der Waals surface area contributed by atoms with Crippen LogP contribution >= 0.6 is 0 Å². The van der Waals surface area contributed by atoms with E-state index >= 15 is 0 Å². The number of rotatable bonds is 4. The van der Waals surface area contributed by atoms with Gasteiger partial charge in [-0.15, -0.1) is 0 Å². The topological polar surface area (TPSA) is 38.1 Å². The highest BCUT2D eigenvalue weighted by Gasteiger charge is 2.34. The third-order valence-corrected chi connectivity index (χ3v) is 4.28. The lowest BCUT2D eigenvalue weighted by Crippen LogP contribution is -2.27. The Bertz CT molecular complexity index is 375. The summed E-state index contributed by atoms with van der Waals surface area (Å²) < 4.78 is 5.71. The molecule has 3 heteroatoms. The zero-order chi connectivity index (χ0) is 11.7. The van der Waals surface area contributed by atoms with Gasteiger partial charge in [0.05, 0.1) is 5.69 Å². The summed E-state index contributed by atoms with van der Waals surface area (Å²) in [7, 11) is 0. The molecule has 0 aliphatic heterocycles. The monoisotopic (exact) mass is 234 g/mol. The van der Waals surface area contributed by atoms with Crippen molar-refractivity contribution in [2.45, 2.75) is 69.9 Å². The Morgan fingerprint density at radius 1 is 1.35 bits per heavy atom. The van der Waals surface area contributed by atoms with Crippen LogP contribution in [0.2, 0.25) is 0 Å². The minimum atomic E-state index is 0.231. The Morgan fingerprint density at radius 2 is 2.12 bits per heavy atom. The lowest BCUT2D eigenvalue weighted by atomic mass is 9.73. The lowest BCUT2D eigenvalue weighted by Gasteiger charge is -2.32. The minimum absolute atomic E-state index is 0.231. The molecule has 0 radical (unpaired) electrons. The van der Waals surface area contributed by atoms with Crippen LogP contribution in [0, 0.1) is 0 Å². The molecule has 3 nitrogen and oxygen atoms in total. The quantitative estimate of drug-likeness (QED) is 0.869. The molecule has 2 saturated carbocycles. The Kier molecular flexibility index (Phi) is 2.95. The largest absolute Gasteiger partial charge is 0.448 e. The van der Waals surface area contributed by atoms with Crippen LogP contribution in [-0.2, 0) is 12.0 Å². The molecule has 0 amide bonds. The molecule has 1 N–H and O–H groups in total. The summed E-state index contributed by atoms with van der Waals surface area (Å²) in [6.45, 7) is 3.22. The second-order valence-electron chi connectivity index (χ2n) is 5.90. The van der Waals surface area contributed by atoms with Crippen LogP contribution in [-0.4, -0.2) is 11.0 Å². The molecular weight excluding hydrogens is 212 g/mol. The average Bonchev–Trinajstić information content (AvgIpc) is 3.04. The summed E-state index contributed by atoms with van der Waals surface area (Å²) in [5.41, 5.74) is 1.37. The van der Waals surface area contributed by atoms with Gasteiger partial charge in [0.15, 0.2) is 6.39 Å². The molecule has 2 aliphatic rings. The SMILES string of the molecule is CC1(c2ocnc2CNC2CC2)CCCCC1. The summed E-state index contributed by atoms with van der Waals surface area (Å²) in [4.78, 5) is 4.41. The van der Waals surface area contributed by atoms with E-state index in [0.29, 0.717) is 0 Å². The van der Waals surface area contributed by atoms with Crippen molar-refractivity contribution in [2.75, 3.05) is 0 Å². The van der Waals surface area contributed by atoms with Gasteiger partial charge in [0.1, 0.15) is 5.76 Å². The van der Waals surface area contributed by atoms with Crippen molar-refractivity contribution in [3.63, 3.8) is 0 Å². The number of nitrogens with one attached hydrogen (secondary N) is 1. The van der Waals surface area contributed by atoms with Crippen LogP contribution in [0.15, 0.2) is 10.8 Å². The summed E-state index contributed by atoms with van der Waals surface area (Å²) >= 11 is 0. The second-order valence-corrected chi connectivity index (χ2v) is 5.90. The maximum atomic E-state index is 5.71. The molecule has 1 heterocycles. The van der Waals surface area contributed by atoms with Crippen LogP contribution in [0.5, 0.6) is 0 Å². The van der Waals surface area contributed by atoms with Crippen LogP contribution < -0.4 is 5.32 Å². The molecule has 1 aromatic rings. The molecule has 0 unspecified atom stereocenters. The highest BCUT2D eigenvalue weighted by Crippen LogP contribution is 2.40. The Balaban J connectivity index is 1.73. The lowest BCUT2D eigenvalue weighted by molar-refractivity contribution is 0.264. The number of nitrogens with zero attached hydrogens (tertiary/aromatic N) is 1. The van der Waals surface area contributed by atoms with Crippen molar-refractivity contribution < 1.29 is 4.42 Å². The molecule has 2 aliphatic carbocycles. The normalized spacial score (nSPS) is 23.8. The first-order chi connectivity index (χ1) is 8.28. The van der Waals surface area contributed by atoms with Gasteiger partial charge in [-0.1, -0.05) is 26.2 Å². The van der Waals surface area contributed by atoms with E-state index in [-0.39, 0.29) is 5.41 Å². The summed E-state index contributed by atoms with van der Waals surface area (Å²) in [6.07, 6.45) is 10.8. The van der Waals surface area contributed by atoms with Gasteiger partial charge in [-0.3, -0.25) is 0 Å². The number of oxazole rings is 1. The molecule has 0 atom stereocenters. The van der Waals surface area contributed by atoms with E-state index in [1.807, 2.05) is 0 Å². The van der Waals surface area contributed by atoms with Crippen molar-refractivity contribution in [2.24, 2.45) is 0 Å². The highest BCUT2D eigenvalue weighted by molar-refractivity contribution is 5.19. The van der Waals surface area contributed by atoms with Crippen molar-refractivity contribution in [1.29, 1.82) is 0 Å². The zero-order valence-electron chi connectivity index (χ0n) is 10.7. The Hall–Kier alpha value is -0.830. The fourth-order valence-corrected chi connectivity index (χ4v) is 2.97. The predicted octanol–water partition coefficient (Wildman–Crippen LogP) is 3.15. The maximum absolute atomic E-state index is 5.71. The van der Waals surface area contributed by atoms with Crippen LogP contribution in [0.25, 0.3) is 0 Å². The molecule has 0 saturated heterocycles. The van der Waals surface area contributed by atoms with E-state index < -0.39 is 0 Å². The van der Waals surface area contributed by atoms with E-state index in [9.17, 15) is 0 Å². The van der Waals surface area contributed by atoms with E-state index in [1.165, 1.54) is 44.9 Å². The highest BCUT2D eigenvalue weighted by atomic mass is 16.3. The van der Waals surface area contributed by atoms with Gasteiger partial charge in [0, 0.05) is 18.0 Å². The maximum Gasteiger partial charge on any atom is 0.181 e. The van der Waals surface area contributed by atoms with Crippen molar-refractivity contribution in [3.8, 4) is 0 Å². The predicted molar refractivity (Wildman–Crippen MR) is 66.8 cm³/mol. The first-order valence-electron chi connectivity index (χ1n) is 6.94. The van der Waals surface area contributed by atoms with Crippen molar-refractivity contribution in [3.05, 3.63) is 17.8 Å². The third-order valence-electron chi connectivity index (χ3n) is 4.28. The molecule has 0 bridgehead atoms. The Labute approximate surface area is 103 Å². The van der Waals surface area contributed by atoms with E-state index in [0.717, 1.165) is 24.0 Å². The zero-order valence-corrected chi connectivity index (χ0v) is 10.7. The molecule has 3 rings (SSSR count). The molecule has 17 heavy (non-hydrogen) atoms. The molecule has 0 aromatic carbocycles. The third kappa shape index (κ3) is 2.39. The standard InChI is InChI=1S/C14H22N2O/c1-14(7-3-2-4-8-14)13-12(16-10-17-13)9-15-11-5-6-11/h10-11,15H,2-9H2,1H3. The van der Waals surface area contributed by atoms with Crippen molar-refractivity contribution in [1.82, 2.24) is 10.3 Å². The smallest absolute Gasteiger partial charge is 0.181 e. The van der Waals surface area contributed by atoms with Crippen LogP contribution in [0.1, 0.15) is 63.3 Å². The second kappa shape index (κ2) is 4.45. The summed E-state index contributed by atoms with van der Waals surface area (Å²) in [6, 6.07) is 0.735. The molecule has 94 valence electrons. The van der Waals surface area contributed by atoms with Gasteiger partial charge < -0.3 is 9.73 Å². The summed E-state index contributed by atoms with van der Waals surface area (Å²) in [5.74, 6) is 1.14. The van der Waals surface area contributed by atoms with E-state index in [1.54, 1.807) is 6.39 Å². The van der Waals surface area contributed by atoms with E-state index in [4.69, 9.17) is 4.42 Å². The molecule has 2 fully saturated rings. The number of hydrogen-bond acceptors (Lipinski definition) is 3. The van der Waals surface area contributed by atoms with Gasteiger partial charge in [0.2, 0.25) is 0 Å². The molecule has 0 spiro atoms. The van der Waals surface area contributed by atoms with Gasteiger partial charge in [-0.25, -0.2) is 4.98 Å². The summed E-state index contributed by atoms with van der Waals surface area (Å²) in [5, 5.41) is 3.53. The van der Waals surface area contributed by atoms with Crippen LogP contribution in [0.3, 0.4) is 0 Å². The molecule has 1 aromatic heterocycles. The fraction of sp³-hybridized carbons (Fsp3) is 0.786. The minimum Gasteiger partial charge on any atom is -0.448 e. The first-order valence-corrected chi connectivity index (χ1v) is 6.94. The average molecular weight is 234 g/mol. The van der Waals surface area contributed by atoms with Crippen molar-refractivity contribution >= 4 is 0 Å². The number of hydrogen-bond donors (Lipinski definition) is 1. The van der Waals surface area contributed by atoms with E-state index in [2.05, 4.69) is 17.2 Å². The molecular formula is C14H22N2O. The fourth-order valence-electron chi connectivity index (χ4n) is 2.97. The van der Waals surface area contributed by atoms with Gasteiger partial charge in [-0.05, 0) is 25.7 Å². The Morgan fingerprint density at radius 3 is 2.82 bits per heavy atom. The van der Waals surface area contributed by atoms with Gasteiger partial charge in [0.25, 0.3) is 0 Å².